The summed E-state index contributed by atoms with van der Waals surface area (Å²) in [5, 5.41) is 10.1. The third-order valence-electron chi connectivity index (χ3n) is 3.39. The first-order valence-corrected chi connectivity index (χ1v) is 8.15. The number of hydrogen-bond acceptors (Lipinski definition) is 5. The second kappa shape index (κ2) is 7.30. The lowest BCUT2D eigenvalue weighted by molar-refractivity contribution is 0.102. The van der Waals surface area contributed by atoms with Crippen LogP contribution in [0.3, 0.4) is 0 Å². The van der Waals surface area contributed by atoms with Crippen LogP contribution in [0, 0.1) is 0 Å². The minimum atomic E-state index is -0.110. The van der Waals surface area contributed by atoms with Gasteiger partial charge in [-0.15, -0.1) is 0 Å². The fourth-order valence-corrected chi connectivity index (χ4v) is 3.09. The lowest BCUT2D eigenvalue weighted by Gasteiger charge is -2.08. The van der Waals surface area contributed by atoms with E-state index in [0.29, 0.717) is 28.7 Å². The van der Waals surface area contributed by atoms with Crippen molar-refractivity contribution in [2.24, 2.45) is 0 Å². The molecule has 2 aromatic heterocycles. The van der Waals surface area contributed by atoms with Crippen molar-refractivity contribution in [1.82, 2.24) is 9.55 Å². The van der Waals surface area contributed by atoms with Crippen molar-refractivity contribution in [3.05, 3.63) is 71.9 Å². The Morgan fingerprint density at radius 1 is 1.22 bits per heavy atom. The van der Waals surface area contributed by atoms with E-state index in [4.69, 9.17) is 4.42 Å². The van der Waals surface area contributed by atoms with Crippen LogP contribution in [0.2, 0.25) is 0 Å². The molecule has 0 bridgehead atoms. The van der Waals surface area contributed by atoms with Crippen LogP contribution in [0.1, 0.15) is 21.8 Å². The molecule has 0 amide bonds. The van der Waals surface area contributed by atoms with E-state index in [1.807, 2.05) is 34.9 Å². The van der Waals surface area contributed by atoms with Crippen LogP contribution < -0.4 is 0 Å². The maximum Gasteiger partial charge on any atom is 0.173 e. The summed E-state index contributed by atoms with van der Waals surface area (Å²) in [6.07, 6.45) is 3.23. The van der Waals surface area contributed by atoms with Crippen LogP contribution in [-0.2, 0) is 13.2 Å². The molecule has 0 saturated carbocycles. The normalized spacial score (nSPS) is 10.8. The van der Waals surface area contributed by atoms with Crippen molar-refractivity contribution < 1.29 is 14.3 Å². The average Bonchev–Trinajstić information content (AvgIpc) is 3.24. The maximum atomic E-state index is 12.2. The molecule has 3 rings (SSSR count). The molecule has 6 heteroatoms. The van der Waals surface area contributed by atoms with Gasteiger partial charge in [-0.1, -0.05) is 42.1 Å². The predicted octanol–water partition coefficient (Wildman–Crippen LogP) is 2.99. The van der Waals surface area contributed by atoms with Gasteiger partial charge in [-0.05, 0) is 12.1 Å². The van der Waals surface area contributed by atoms with Gasteiger partial charge in [0.15, 0.2) is 10.9 Å². The summed E-state index contributed by atoms with van der Waals surface area (Å²) in [7, 11) is 0. The SMILES string of the molecule is O=C(CSc1ncc(CO)n1Cc1ccco1)c1ccccc1. The average molecular weight is 328 g/mol. The number of hydrogen-bond donors (Lipinski definition) is 1. The molecule has 0 saturated heterocycles. The van der Waals surface area contributed by atoms with E-state index < -0.39 is 0 Å². The van der Waals surface area contributed by atoms with Crippen LogP contribution in [-0.4, -0.2) is 26.2 Å². The van der Waals surface area contributed by atoms with Crippen LogP contribution >= 0.6 is 11.8 Å². The molecule has 0 unspecified atom stereocenters. The summed E-state index contributed by atoms with van der Waals surface area (Å²) in [5.41, 5.74) is 1.38. The number of carbonyl (C=O) groups is 1. The van der Waals surface area contributed by atoms with E-state index >= 15 is 0 Å². The van der Waals surface area contributed by atoms with Crippen LogP contribution in [0.25, 0.3) is 0 Å². The fourth-order valence-electron chi connectivity index (χ4n) is 2.20. The smallest absolute Gasteiger partial charge is 0.173 e. The Kier molecular flexibility index (Phi) is 4.95. The molecule has 5 nitrogen and oxygen atoms in total. The highest BCUT2D eigenvalue weighted by atomic mass is 32.2. The Morgan fingerprint density at radius 3 is 2.74 bits per heavy atom. The van der Waals surface area contributed by atoms with Gasteiger partial charge in [-0.25, -0.2) is 4.98 Å². The molecule has 3 aromatic rings. The maximum absolute atomic E-state index is 12.2. The number of aliphatic hydroxyl groups excluding tert-OH is 1. The van der Waals surface area contributed by atoms with Gasteiger partial charge in [0.1, 0.15) is 5.76 Å². The number of rotatable bonds is 7. The molecule has 0 atom stereocenters. The van der Waals surface area contributed by atoms with E-state index in [0.717, 1.165) is 5.76 Å². The minimum Gasteiger partial charge on any atom is -0.467 e. The molecule has 0 fully saturated rings. The van der Waals surface area contributed by atoms with Gasteiger partial charge in [-0.2, -0.15) is 0 Å². The number of furan rings is 1. The fraction of sp³-hybridized carbons (Fsp3) is 0.176. The summed E-state index contributed by atoms with van der Waals surface area (Å²) in [6, 6.07) is 12.9. The molecule has 0 radical (unpaired) electrons. The summed E-state index contributed by atoms with van der Waals surface area (Å²) in [4.78, 5) is 16.5. The molecular formula is C17H16N2O3S. The molecule has 0 spiro atoms. The van der Waals surface area contributed by atoms with E-state index in [1.54, 1.807) is 24.6 Å². The monoisotopic (exact) mass is 328 g/mol. The van der Waals surface area contributed by atoms with E-state index in [9.17, 15) is 9.90 Å². The second-order valence-electron chi connectivity index (χ2n) is 4.93. The molecule has 0 aliphatic rings. The number of aliphatic hydroxyl groups is 1. The quantitative estimate of drug-likeness (QED) is 0.533. The van der Waals surface area contributed by atoms with Crippen molar-refractivity contribution in [2.75, 3.05) is 5.75 Å². The number of ketones is 1. The lowest BCUT2D eigenvalue weighted by Crippen LogP contribution is -2.08. The topological polar surface area (TPSA) is 68.3 Å². The van der Waals surface area contributed by atoms with Crippen molar-refractivity contribution in [1.29, 1.82) is 0 Å². The summed E-state index contributed by atoms with van der Waals surface area (Å²) in [6.45, 7) is 0.367. The Bertz CT molecular complexity index is 767. The van der Waals surface area contributed by atoms with Crippen LogP contribution in [0.15, 0.2) is 64.5 Å². The van der Waals surface area contributed by atoms with Crippen molar-refractivity contribution >= 4 is 17.5 Å². The number of thioether (sulfide) groups is 1. The van der Waals surface area contributed by atoms with Gasteiger partial charge in [0.25, 0.3) is 0 Å². The highest BCUT2D eigenvalue weighted by molar-refractivity contribution is 7.99. The van der Waals surface area contributed by atoms with Crippen molar-refractivity contribution in [3.8, 4) is 0 Å². The standard InChI is InChI=1S/C17H16N2O3S/c20-11-14-9-18-17(19(14)10-15-7-4-8-22-15)23-12-16(21)13-5-2-1-3-6-13/h1-9,20H,10-12H2. The highest BCUT2D eigenvalue weighted by Crippen LogP contribution is 2.21. The van der Waals surface area contributed by atoms with Gasteiger partial charge >= 0.3 is 0 Å². The third-order valence-corrected chi connectivity index (χ3v) is 4.38. The zero-order valence-corrected chi connectivity index (χ0v) is 13.2. The highest BCUT2D eigenvalue weighted by Gasteiger charge is 2.14. The minimum absolute atomic E-state index is 0.0497. The van der Waals surface area contributed by atoms with Crippen LogP contribution in [0.4, 0.5) is 0 Å². The molecule has 0 aliphatic carbocycles. The summed E-state index contributed by atoms with van der Waals surface area (Å²) in [5.74, 6) is 1.12. The first-order valence-electron chi connectivity index (χ1n) is 7.16. The number of nitrogens with zero attached hydrogens (tertiary/aromatic N) is 2. The molecule has 23 heavy (non-hydrogen) atoms. The van der Waals surface area contributed by atoms with Gasteiger partial charge in [0.2, 0.25) is 0 Å². The lowest BCUT2D eigenvalue weighted by atomic mass is 10.2. The number of carbonyl (C=O) groups excluding carboxylic acids is 1. The van der Waals surface area contributed by atoms with Crippen LogP contribution in [0.5, 0.6) is 0 Å². The number of imidazole rings is 1. The zero-order chi connectivity index (χ0) is 16.1. The van der Waals surface area contributed by atoms with Gasteiger partial charge in [-0.3, -0.25) is 4.79 Å². The Balaban J connectivity index is 1.72. The molecule has 2 heterocycles. The third kappa shape index (κ3) is 3.72. The van der Waals surface area contributed by atoms with Gasteiger partial charge < -0.3 is 14.1 Å². The molecule has 118 valence electrons. The van der Waals surface area contributed by atoms with E-state index in [2.05, 4.69) is 4.98 Å². The van der Waals surface area contributed by atoms with Crippen molar-refractivity contribution in [2.45, 2.75) is 18.3 Å². The first-order chi connectivity index (χ1) is 11.3. The Morgan fingerprint density at radius 2 is 2.04 bits per heavy atom. The summed E-state index contributed by atoms with van der Waals surface area (Å²) >= 11 is 1.36. The largest absolute Gasteiger partial charge is 0.467 e. The molecule has 1 N–H and O–H groups in total. The second-order valence-corrected chi connectivity index (χ2v) is 5.88. The molecule has 0 aliphatic heterocycles. The van der Waals surface area contributed by atoms with E-state index in [-0.39, 0.29) is 12.4 Å². The number of aromatic nitrogens is 2. The zero-order valence-electron chi connectivity index (χ0n) is 12.4. The van der Waals surface area contributed by atoms with Gasteiger partial charge in [0, 0.05) is 5.56 Å². The first kappa shape index (κ1) is 15.6. The van der Waals surface area contributed by atoms with Gasteiger partial charge in [0.05, 0.1) is 37.1 Å². The Hall–Kier alpha value is -2.31. The Labute approximate surface area is 138 Å². The predicted molar refractivity (Wildman–Crippen MR) is 87.5 cm³/mol. The summed E-state index contributed by atoms with van der Waals surface area (Å²) < 4.78 is 7.21. The van der Waals surface area contributed by atoms with Crippen molar-refractivity contribution in [3.63, 3.8) is 0 Å². The molecule has 1 aromatic carbocycles. The van der Waals surface area contributed by atoms with E-state index in [1.165, 1.54) is 11.8 Å². The molecular weight excluding hydrogens is 312 g/mol. The number of benzene rings is 1. The number of Topliss-reactive ketones (excluding diaryl/α,β-unsaturated/α-hetero) is 1.